The van der Waals surface area contributed by atoms with Gasteiger partial charge in [-0.25, -0.2) is 4.83 Å². The number of nitrogens with zero attached hydrogens (tertiary/aromatic N) is 1. The molecule has 1 heterocycles. The van der Waals surface area contributed by atoms with Crippen LogP contribution in [0.1, 0.15) is 5.56 Å². The first kappa shape index (κ1) is 13.4. The number of para-hydroxylation sites is 1. The molecule has 0 bridgehead atoms. The average Bonchev–Trinajstić information content (AvgIpc) is 2.92. The Morgan fingerprint density at radius 3 is 2.52 bits per heavy atom. The van der Waals surface area contributed by atoms with Crippen LogP contribution in [-0.2, 0) is 10.0 Å². The molecule has 0 spiro atoms. The number of aromatic nitrogens is 1. The summed E-state index contributed by atoms with van der Waals surface area (Å²) in [6.07, 6.45) is 3.27. The molecule has 0 aliphatic rings. The van der Waals surface area contributed by atoms with Gasteiger partial charge in [0.1, 0.15) is 0 Å². The molecule has 2 N–H and O–H groups in total. The van der Waals surface area contributed by atoms with Gasteiger partial charge in [-0.15, -0.1) is 0 Å². The van der Waals surface area contributed by atoms with Gasteiger partial charge in [-0.3, -0.25) is 0 Å². The maximum atomic E-state index is 12.0. The smallest absolute Gasteiger partial charge is 0.276 e. The molecule has 21 heavy (non-hydrogen) atoms. The van der Waals surface area contributed by atoms with Gasteiger partial charge in [0.05, 0.1) is 11.1 Å². The van der Waals surface area contributed by atoms with Crippen molar-refractivity contribution in [3.63, 3.8) is 0 Å². The fourth-order valence-corrected chi connectivity index (χ4v) is 2.83. The van der Waals surface area contributed by atoms with E-state index in [2.05, 4.69) is 14.9 Å². The van der Waals surface area contributed by atoms with E-state index in [0.29, 0.717) is 0 Å². The zero-order valence-corrected chi connectivity index (χ0v) is 11.8. The summed E-state index contributed by atoms with van der Waals surface area (Å²) in [6.45, 7) is 0. The molecule has 0 radical (unpaired) electrons. The second kappa shape index (κ2) is 5.41. The lowest BCUT2D eigenvalue weighted by molar-refractivity contribution is 0.584. The molecular weight excluding hydrogens is 286 g/mol. The number of hydrogen-bond donors (Lipinski definition) is 2. The van der Waals surface area contributed by atoms with Gasteiger partial charge in [-0.1, -0.05) is 36.4 Å². The Hall–Kier alpha value is -2.60. The van der Waals surface area contributed by atoms with Gasteiger partial charge in [0.25, 0.3) is 10.0 Å². The molecule has 6 heteroatoms. The molecule has 0 amide bonds. The first-order valence-electron chi connectivity index (χ1n) is 6.33. The van der Waals surface area contributed by atoms with Gasteiger partial charge < -0.3 is 4.98 Å². The predicted molar refractivity (Wildman–Crippen MR) is 82.7 cm³/mol. The topological polar surface area (TPSA) is 74.3 Å². The van der Waals surface area contributed by atoms with Gasteiger partial charge in [0.2, 0.25) is 0 Å². The van der Waals surface area contributed by atoms with E-state index in [9.17, 15) is 8.42 Å². The highest BCUT2D eigenvalue weighted by Crippen LogP contribution is 2.15. The SMILES string of the molecule is O=S(=O)(N/N=C/c1c[nH]c2ccccc12)c1ccccc1. The molecule has 3 aromatic rings. The average molecular weight is 299 g/mol. The molecule has 5 nitrogen and oxygen atoms in total. The van der Waals surface area contributed by atoms with Crippen LogP contribution in [0.2, 0.25) is 0 Å². The Kier molecular flexibility index (Phi) is 3.45. The Balaban J connectivity index is 1.81. The van der Waals surface area contributed by atoms with Gasteiger partial charge >= 0.3 is 0 Å². The largest absolute Gasteiger partial charge is 0.361 e. The number of fused-ring (bicyclic) bond motifs is 1. The van der Waals surface area contributed by atoms with Crippen molar-refractivity contribution in [1.29, 1.82) is 0 Å². The minimum atomic E-state index is -3.62. The summed E-state index contributed by atoms with van der Waals surface area (Å²) in [5.41, 5.74) is 1.80. The second-order valence-corrected chi connectivity index (χ2v) is 6.12. The van der Waals surface area contributed by atoms with Gasteiger partial charge in [0.15, 0.2) is 0 Å². The minimum absolute atomic E-state index is 0.182. The monoisotopic (exact) mass is 299 g/mol. The summed E-state index contributed by atoms with van der Waals surface area (Å²) in [6, 6.07) is 15.9. The minimum Gasteiger partial charge on any atom is -0.361 e. The predicted octanol–water partition coefficient (Wildman–Crippen LogP) is 2.48. The van der Waals surface area contributed by atoms with Crippen LogP contribution in [0.5, 0.6) is 0 Å². The van der Waals surface area contributed by atoms with Gasteiger partial charge in [-0.2, -0.15) is 13.5 Å². The van der Waals surface area contributed by atoms with Crippen molar-refractivity contribution in [1.82, 2.24) is 9.82 Å². The summed E-state index contributed by atoms with van der Waals surface area (Å²) >= 11 is 0. The molecule has 3 rings (SSSR count). The van der Waals surface area contributed by atoms with Gasteiger partial charge in [0, 0.05) is 22.7 Å². The molecule has 0 atom stereocenters. The van der Waals surface area contributed by atoms with E-state index in [4.69, 9.17) is 0 Å². The number of nitrogens with one attached hydrogen (secondary N) is 2. The lowest BCUT2D eigenvalue weighted by atomic mass is 10.2. The number of hydrogen-bond acceptors (Lipinski definition) is 3. The van der Waals surface area contributed by atoms with Crippen LogP contribution in [0.25, 0.3) is 10.9 Å². The summed E-state index contributed by atoms with van der Waals surface area (Å²) in [4.78, 5) is 5.49. The summed E-state index contributed by atoms with van der Waals surface area (Å²) in [5, 5.41) is 4.82. The number of aromatic amines is 1. The molecule has 1 aromatic heterocycles. The van der Waals surface area contributed by atoms with Crippen molar-refractivity contribution in [2.24, 2.45) is 5.10 Å². The van der Waals surface area contributed by atoms with Crippen LogP contribution in [0, 0.1) is 0 Å². The highest BCUT2D eigenvalue weighted by atomic mass is 32.2. The van der Waals surface area contributed by atoms with E-state index < -0.39 is 10.0 Å². The fourth-order valence-electron chi connectivity index (χ4n) is 2.02. The fraction of sp³-hybridized carbons (Fsp3) is 0. The third kappa shape index (κ3) is 2.80. The molecular formula is C15H13N3O2S. The number of hydrazone groups is 1. The molecule has 0 aliphatic heterocycles. The van der Waals surface area contributed by atoms with Crippen molar-refractivity contribution in [2.45, 2.75) is 4.90 Å². The highest BCUT2D eigenvalue weighted by molar-refractivity contribution is 7.89. The van der Waals surface area contributed by atoms with Crippen molar-refractivity contribution >= 4 is 27.1 Å². The van der Waals surface area contributed by atoms with E-state index >= 15 is 0 Å². The zero-order valence-electron chi connectivity index (χ0n) is 11.0. The van der Waals surface area contributed by atoms with Crippen molar-refractivity contribution in [3.05, 3.63) is 66.4 Å². The first-order chi connectivity index (χ1) is 10.2. The van der Waals surface area contributed by atoms with Crippen LogP contribution in [0.3, 0.4) is 0 Å². The second-order valence-electron chi connectivity index (χ2n) is 4.46. The van der Waals surface area contributed by atoms with Crippen LogP contribution in [0.15, 0.2) is 70.8 Å². The molecule has 106 valence electrons. The third-order valence-corrected chi connectivity index (χ3v) is 4.29. The van der Waals surface area contributed by atoms with E-state index in [1.54, 1.807) is 24.4 Å². The molecule has 0 saturated carbocycles. The molecule has 0 saturated heterocycles. The van der Waals surface area contributed by atoms with E-state index in [0.717, 1.165) is 16.5 Å². The number of H-pyrrole nitrogens is 1. The lowest BCUT2D eigenvalue weighted by Crippen LogP contribution is -2.18. The highest BCUT2D eigenvalue weighted by Gasteiger charge is 2.11. The van der Waals surface area contributed by atoms with E-state index in [1.807, 2.05) is 24.3 Å². The van der Waals surface area contributed by atoms with Crippen LogP contribution in [-0.4, -0.2) is 19.6 Å². The first-order valence-corrected chi connectivity index (χ1v) is 7.81. The number of benzene rings is 2. The molecule has 0 aliphatic carbocycles. The van der Waals surface area contributed by atoms with Gasteiger partial charge in [-0.05, 0) is 18.2 Å². The third-order valence-electron chi connectivity index (χ3n) is 3.05. The Labute approximate surface area is 122 Å². The van der Waals surface area contributed by atoms with Crippen molar-refractivity contribution < 1.29 is 8.42 Å². The summed E-state index contributed by atoms with van der Waals surface area (Å²) in [5.74, 6) is 0. The van der Waals surface area contributed by atoms with Crippen LogP contribution < -0.4 is 4.83 Å². The Morgan fingerprint density at radius 2 is 1.71 bits per heavy atom. The van der Waals surface area contributed by atoms with E-state index in [-0.39, 0.29) is 4.90 Å². The Morgan fingerprint density at radius 1 is 1.00 bits per heavy atom. The standard InChI is InChI=1S/C15H13N3O2S/c19-21(20,13-6-2-1-3-7-13)18-17-11-12-10-16-15-9-5-4-8-14(12)15/h1-11,16,18H/b17-11+. The van der Waals surface area contributed by atoms with E-state index in [1.165, 1.54) is 18.3 Å². The number of rotatable bonds is 4. The van der Waals surface area contributed by atoms with Crippen molar-refractivity contribution in [3.8, 4) is 0 Å². The molecule has 2 aromatic carbocycles. The molecule has 0 unspecified atom stereocenters. The molecule has 0 fully saturated rings. The van der Waals surface area contributed by atoms with Crippen LogP contribution in [0.4, 0.5) is 0 Å². The maximum absolute atomic E-state index is 12.0. The maximum Gasteiger partial charge on any atom is 0.276 e. The Bertz CT molecular complexity index is 883. The lowest BCUT2D eigenvalue weighted by Gasteiger charge is -2.02. The summed E-state index contributed by atoms with van der Waals surface area (Å²) < 4.78 is 24.0. The quantitative estimate of drug-likeness (QED) is 0.573. The summed E-state index contributed by atoms with van der Waals surface area (Å²) in [7, 11) is -3.62. The number of sulfonamides is 1. The van der Waals surface area contributed by atoms with Crippen LogP contribution >= 0.6 is 0 Å². The zero-order chi connectivity index (χ0) is 14.7. The van der Waals surface area contributed by atoms with Crippen molar-refractivity contribution in [2.75, 3.05) is 0 Å². The normalized spacial score (nSPS) is 12.0.